The van der Waals surface area contributed by atoms with E-state index in [1.165, 1.54) is 16.3 Å². The van der Waals surface area contributed by atoms with Gasteiger partial charge in [0.15, 0.2) is 0 Å². The number of aromatic nitrogens is 3. The van der Waals surface area contributed by atoms with Gasteiger partial charge >= 0.3 is 5.69 Å². The topological polar surface area (TPSA) is 39.8 Å². The Kier molecular flexibility index (Phi) is 4.51. The number of hydrogen-bond acceptors (Lipinski definition) is 2. The minimum atomic E-state index is -0.0139. The Morgan fingerprint density at radius 1 is 0.774 bits per heavy atom. The first-order valence-electron chi connectivity index (χ1n) is 10.6. The summed E-state index contributed by atoms with van der Waals surface area (Å²) in [6, 6.07) is 23.3. The zero-order chi connectivity index (χ0) is 21.7. The summed E-state index contributed by atoms with van der Waals surface area (Å²) in [5.74, 6) is 0.426. The van der Waals surface area contributed by atoms with Crippen molar-refractivity contribution < 1.29 is 0 Å². The summed E-state index contributed by atoms with van der Waals surface area (Å²) in [7, 11) is 3.62. The first kappa shape index (κ1) is 19.3. The first-order chi connectivity index (χ1) is 14.9. The van der Waals surface area contributed by atoms with E-state index in [4.69, 9.17) is 0 Å². The van der Waals surface area contributed by atoms with Gasteiger partial charge in [0.2, 0.25) is 0 Å². The molecule has 2 heterocycles. The third kappa shape index (κ3) is 3.15. The summed E-state index contributed by atoms with van der Waals surface area (Å²) in [5, 5.41) is 2.53. The fourth-order valence-electron chi connectivity index (χ4n) is 4.42. The van der Waals surface area contributed by atoms with Crippen LogP contribution in [0.3, 0.4) is 0 Å². The van der Waals surface area contributed by atoms with Gasteiger partial charge in [-0.2, -0.15) is 0 Å². The molecule has 3 aromatic carbocycles. The first-order valence-corrected chi connectivity index (χ1v) is 10.6. The van der Waals surface area contributed by atoms with Crippen molar-refractivity contribution in [1.82, 2.24) is 14.1 Å². The molecule has 0 atom stereocenters. The molecular formula is C27H25N3O. The lowest BCUT2D eigenvalue weighted by molar-refractivity contribution is 0.795. The second kappa shape index (κ2) is 7.24. The largest absolute Gasteiger partial charge is 0.328 e. The summed E-state index contributed by atoms with van der Waals surface area (Å²) < 4.78 is 3.37. The summed E-state index contributed by atoms with van der Waals surface area (Å²) in [4.78, 5) is 17.0. The Labute approximate surface area is 181 Å². The Hall–Kier alpha value is -3.66. The molecule has 0 N–H and O–H groups in total. The van der Waals surface area contributed by atoms with Gasteiger partial charge in [-0.15, -0.1) is 0 Å². The Bertz CT molecular complexity index is 1500. The van der Waals surface area contributed by atoms with Crippen molar-refractivity contribution in [3.63, 3.8) is 0 Å². The van der Waals surface area contributed by atoms with Gasteiger partial charge in [0.1, 0.15) is 0 Å². The molecule has 5 aromatic rings. The summed E-state index contributed by atoms with van der Waals surface area (Å²) in [6.45, 7) is 4.46. The normalized spacial score (nSPS) is 11.6. The molecule has 0 aliphatic carbocycles. The fourth-order valence-corrected chi connectivity index (χ4v) is 4.42. The molecule has 2 aromatic heterocycles. The van der Waals surface area contributed by atoms with Crippen molar-refractivity contribution >= 4 is 21.8 Å². The molecule has 0 spiro atoms. The number of fused-ring (bicyclic) bond motifs is 2. The zero-order valence-electron chi connectivity index (χ0n) is 18.3. The number of rotatable bonds is 3. The van der Waals surface area contributed by atoms with E-state index in [-0.39, 0.29) is 5.69 Å². The lowest BCUT2D eigenvalue weighted by atomic mass is 9.92. The van der Waals surface area contributed by atoms with Crippen LogP contribution in [0.5, 0.6) is 0 Å². The van der Waals surface area contributed by atoms with E-state index in [9.17, 15) is 4.79 Å². The molecule has 0 radical (unpaired) electrons. The molecular weight excluding hydrogens is 382 g/mol. The van der Waals surface area contributed by atoms with Crippen molar-refractivity contribution in [2.45, 2.75) is 19.8 Å². The third-order valence-corrected chi connectivity index (χ3v) is 6.18. The maximum atomic E-state index is 12.3. The molecule has 5 rings (SSSR count). The Morgan fingerprint density at radius 2 is 1.52 bits per heavy atom. The van der Waals surface area contributed by atoms with Crippen molar-refractivity contribution in [2.75, 3.05) is 0 Å². The molecule has 0 bridgehead atoms. The lowest BCUT2D eigenvalue weighted by Gasteiger charge is -2.13. The third-order valence-electron chi connectivity index (χ3n) is 6.18. The van der Waals surface area contributed by atoms with E-state index in [2.05, 4.69) is 73.4 Å². The van der Waals surface area contributed by atoms with Gasteiger partial charge in [0.25, 0.3) is 0 Å². The van der Waals surface area contributed by atoms with E-state index in [1.54, 1.807) is 16.2 Å². The number of imidazole rings is 1. The molecule has 4 heteroatoms. The van der Waals surface area contributed by atoms with Crippen LogP contribution in [0.4, 0.5) is 0 Å². The van der Waals surface area contributed by atoms with Gasteiger partial charge in [-0.05, 0) is 69.8 Å². The Morgan fingerprint density at radius 3 is 2.32 bits per heavy atom. The summed E-state index contributed by atoms with van der Waals surface area (Å²) in [5.41, 5.74) is 7.41. The highest BCUT2D eigenvalue weighted by Gasteiger charge is 2.12. The number of aryl methyl sites for hydroxylation is 2. The SMILES string of the molecule is CC(C)c1cc(-c2cc(-c3ccc4c(c3)n(C)c(=O)n4C)ccn2)cc2ccccc12. The standard InChI is InChI=1S/C27H25N3O/c1-17(2)23-14-21(13-20-7-5-6-8-22(20)23)24-15-19(11-12-28-24)18-9-10-25-26(16-18)30(4)27(31)29(25)3/h5-17H,1-4H3. The van der Waals surface area contributed by atoms with Gasteiger partial charge in [-0.3, -0.25) is 14.1 Å². The van der Waals surface area contributed by atoms with E-state index in [0.29, 0.717) is 5.92 Å². The monoisotopic (exact) mass is 407 g/mol. The number of hydrogen-bond donors (Lipinski definition) is 0. The van der Waals surface area contributed by atoms with Gasteiger partial charge in [-0.25, -0.2) is 4.79 Å². The van der Waals surface area contributed by atoms with Crippen LogP contribution in [0.15, 0.2) is 77.7 Å². The molecule has 31 heavy (non-hydrogen) atoms. The zero-order valence-corrected chi connectivity index (χ0v) is 18.3. The average molecular weight is 408 g/mol. The van der Waals surface area contributed by atoms with E-state index < -0.39 is 0 Å². The molecule has 0 saturated carbocycles. The van der Waals surface area contributed by atoms with Crippen molar-refractivity contribution in [1.29, 1.82) is 0 Å². The van der Waals surface area contributed by atoms with Crippen LogP contribution in [-0.4, -0.2) is 14.1 Å². The van der Waals surface area contributed by atoms with Crippen LogP contribution in [0.1, 0.15) is 25.3 Å². The molecule has 154 valence electrons. The predicted molar refractivity (Wildman–Crippen MR) is 128 cm³/mol. The fraction of sp³-hybridized carbons (Fsp3) is 0.185. The molecule has 0 amide bonds. The van der Waals surface area contributed by atoms with Crippen molar-refractivity contribution in [3.05, 3.63) is 89.0 Å². The van der Waals surface area contributed by atoms with Crippen LogP contribution in [0, 0.1) is 0 Å². The van der Waals surface area contributed by atoms with Crippen LogP contribution >= 0.6 is 0 Å². The second-order valence-electron chi connectivity index (χ2n) is 8.48. The molecule has 0 unspecified atom stereocenters. The smallest absolute Gasteiger partial charge is 0.295 e. The number of pyridine rings is 1. The highest BCUT2D eigenvalue weighted by atomic mass is 16.1. The van der Waals surface area contributed by atoms with Crippen LogP contribution in [0.25, 0.3) is 44.2 Å². The van der Waals surface area contributed by atoms with Crippen LogP contribution in [0.2, 0.25) is 0 Å². The maximum absolute atomic E-state index is 12.3. The highest BCUT2D eigenvalue weighted by Crippen LogP contribution is 2.33. The maximum Gasteiger partial charge on any atom is 0.328 e. The van der Waals surface area contributed by atoms with Crippen LogP contribution in [-0.2, 0) is 14.1 Å². The quantitative estimate of drug-likeness (QED) is 0.374. The summed E-state index contributed by atoms with van der Waals surface area (Å²) in [6.07, 6.45) is 1.86. The van der Waals surface area contributed by atoms with Crippen molar-refractivity contribution in [3.8, 4) is 22.4 Å². The van der Waals surface area contributed by atoms with Crippen LogP contribution < -0.4 is 5.69 Å². The second-order valence-corrected chi connectivity index (χ2v) is 8.48. The Balaban J connectivity index is 1.66. The van der Waals surface area contributed by atoms with E-state index >= 15 is 0 Å². The minimum Gasteiger partial charge on any atom is -0.295 e. The summed E-state index contributed by atoms with van der Waals surface area (Å²) >= 11 is 0. The van der Waals surface area contributed by atoms with Gasteiger partial charge in [0, 0.05) is 25.9 Å². The van der Waals surface area contributed by atoms with Gasteiger partial charge in [-0.1, -0.05) is 44.2 Å². The van der Waals surface area contributed by atoms with Gasteiger partial charge < -0.3 is 0 Å². The van der Waals surface area contributed by atoms with E-state index in [1.807, 2.05) is 25.4 Å². The molecule has 0 aliphatic heterocycles. The number of benzene rings is 3. The van der Waals surface area contributed by atoms with Gasteiger partial charge in [0.05, 0.1) is 16.7 Å². The van der Waals surface area contributed by atoms with E-state index in [0.717, 1.165) is 33.4 Å². The molecule has 0 saturated heterocycles. The lowest BCUT2D eigenvalue weighted by Crippen LogP contribution is -2.19. The minimum absolute atomic E-state index is 0.0139. The molecule has 4 nitrogen and oxygen atoms in total. The van der Waals surface area contributed by atoms with Crippen molar-refractivity contribution in [2.24, 2.45) is 14.1 Å². The molecule has 0 fully saturated rings. The predicted octanol–water partition coefficient (Wildman–Crippen LogP) is 5.88. The average Bonchev–Trinajstić information content (AvgIpc) is 3.02. The number of nitrogens with zero attached hydrogens (tertiary/aromatic N) is 3. The molecule has 0 aliphatic rings. The highest BCUT2D eigenvalue weighted by molar-refractivity contribution is 5.91.